The summed E-state index contributed by atoms with van der Waals surface area (Å²) in [4.78, 5) is 18.7. The summed E-state index contributed by atoms with van der Waals surface area (Å²) in [6.07, 6.45) is 5.40. The van der Waals surface area contributed by atoms with E-state index >= 15 is 0 Å². The zero-order valence-electron chi connectivity index (χ0n) is 18.3. The van der Waals surface area contributed by atoms with Gasteiger partial charge in [-0.3, -0.25) is 9.69 Å². The molecule has 1 aromatic carbocycles. The predicted octanol–water partition coefficient (Wildman–Crippen LogP) is 3.21. The molecule has 1 amide bonds. The van der Waals surface area contributed by atoms with Crippen LogP contribution in [0.3, 0.4) is 0 Å². The van der Waals surface area contributed by atoms with Crippen molar-refractivity contribution in [3.63, 3.8) is 0 Å². The lowest BCUT2D eigenvalue weighted by atomic mass is 9.88. The smallest absolute Gasteiger partial charge is 0.230 e. The fraction of sp³-hybridized carbons (Fsp3) is 0.625. The average Bonchev–Trinajstić information content (AvgIpc) is 3.27. The Hall–Kier alpha value is -1.41. The molecule has 7 heteroatoms. The van der Waals surface area contributed by atoms with Gasteiger partial charge >= 0.3 is 0 Å². The lowest BCUT2D eigenvalue weighted by Gasteiger charge is -2.47. The third-order valence-corrected chi connectivity index (χ3v) is 8.05. The van der Waals surface area contributed by atoms with Crippen LogP contribution in [0.25, 0.3) is 0 Å². The van der Waals surface area contributed by atoms with Gasteiger partial charge in [-0.25, -0.2) is 4.39 Å². The molecule has 3 heterocycles. The maximum Gasteiger partial charge on any atom is 0.230 e. The van der Waals surface area contributed by atoms with Gasteiger partial charge in [-0.15, -0.1) is 11.8 Å². The zero-order valence-corrected chi connectivity index (χ0v) is 19.1. The van der Waals surface area contributed by atoms with Crippen LogP contribution >= 0.6 is 11.8 Å². The minimum absolute atomic E-state index is 0.00404. The molecule has 2 saturated heterocycles. The van der Waals surface area contributed by atoms with Crippen LogP contribution in [0.5, 0.6) is 0 Å². The van der Waals surface area contributed by atoms with Gasteiger partial charge in [-0.1, -0.05) is 25.1 Å². The van der Waals surface area contributed by atoms with E-state index in [1.807, 2.05) is 22.7 Å². The number of allylic oxidation sites excluding steroid dienone is 1. The summed E-state index contributed by atoms with van der Waals surface area (Å²) in [6.45, 7) is 6.34. The molecule has 0 radical (unpaired) electrons. The van der Waals surface area contributed by atoms with E-state index in [0.29, 0.717) is 38.2 Å². The summed E-state index contributed by atoms with van der Waals surface area (Å²) < 4.78 is 20.5. The normalized spacial score (nSPS) is 23.9. The van der Waals surface area contributed by atoms with Crippen molar-refractivity contribution in [3.8, 4) is 0 Å². The molecule has 1 spiro atoms. The summed E-state index contributed by atoms with van der Waals surface area (Å²) >= 11 is 1.81. The maximum atomic E-state index is 14.3. The summed E-state index contributed by atoms with van der Waals surface area (Å²) in [7, 11) is 0. The number of halogens is 1. The third-order valence-electron chi connectivity index (χ3n) is 6.73. The highest BCUT2D eigenvalue weighted by atomic mass is 32.2. The second kappa shape index (κ2) is 10.0. The van der Waals surface area contributed by atoms with Crippen LogP contribution in [-0.2, 0) is 22.5 Å². The van der Waals surface area contributed by atoms with Gasteiger partial charge in [0.25, 0.3) is 0 Å². The topological polar surface area (TPSA) is 53.0 Å². The second-order valence-corrected chi connectivity index (χ2v) is 10.0. The number of ether oxygens (including phenoxy) is 1. The van der Waals surface area contributed by atoms with Gasteiger partial charge in [0, 0.05) is 50.6 Å². The molecule has 4 rings (SSSR count). The fourth-order valence-corrected chi connectivity index (χ4v) is 5.94. The number of aliphatic hydroxyl groups excluding tert-OH is 1. The van der Waals surface area contributed by atoms with Crippen LogP contribution in [0.4, 0.5) is 4.39 Å². The highest BCUT2D eigenvalue weighted by Crippen LogP contribution is 2.35. The summed E-state index contributed by atoms with van der Waals surface area (Å²) in [5.41, 5.74) is 1.37. The predicted molar refractivity (Wildman–Crippen MR) is 121 cm³/mol. The first-order valence-corrected chi connectivity index (χ1v) is 12.4. The van der Waals surface area contributed by atoms with Gasteiger partial charge in [0.05, 0.1) is 18.1 Å². The van der Waals surface area contributed by atoms with Crippen molar-refractivity contribution in [2.75, 3.05) is 45.1 Å². The molecule has 1 N–H and O–H groups in total. The van der Waals surface area contributed by atoms with Crippen LogP contribution in [0.2, 0.25) is 0 Å². The number of nitrogens with zero attached hydrogens (tertiary/aromatic N) is 2. The number of carbonyl (C=O) groups excluding carboxylic acids is 1. The van der Waals surface area contributed by atoms with Crippen LogP contribution in [0.1, 0.15) is 37.3 Å². The number of morpholine rings is 1. The van der Waals surface area contributed by atoms with Crippen molar-refractivity contribution in [3.05, 3.63) is 46.1 Å². The molecule has 0 aromatic heterocycles. The molecule has 0 aliphatic carbocycles. The highest BCUT2D eigenvalue weighted by molar-refractivity contribution is 8.03. The van der Waals surface area contributed by atoms with Gasteiger partial charge in [-0.05, 0) is 42.2 Å². The first-order valence-electron chi connectivity index (χ1n) is 11.4. The van der Waals surface area contributed by atoms with Crippen LogP contribution in [0, 0.1) is 11.7 Å². The van der Waals surface area contributed by atoms with Gasteiger partial charge in [0.1, 0.15) is 5.82 Å². The number of amides is 1. The second-order valence-electron chi connectivity index (χ2n) is 8.87. The van der Waals surface area contributed by atoms with Crippen molar-refractivity contribution in [2.24, 2.45) is 5.92 Å². The summed E-state index contributed by atoms with van der Waals surface area (Å²) in [6, 6.07) is 5.10. The lowest BCUT2D eigenvalue weighted by molar-refractivity contribution is -0.161. The largest absolute Gasteiger partial charge is 0.396 e. The molecule has 0 bridgehead atoms. The molecular formula is C24H33FN2O3S. The quantitative estimate of drug-likeness (QED) is 0.724. The Bertz CT molecular complexity index is 823. The number of thioether (sulfide) groups is 1. The molecule has 5 nitrogen and oxygen atoms in total. The van der Waals surface area contributed by atoms with Crippen molar-refractivity contribution < 1.29 is 19.0 Å². The SMILES string of the molecule is CCC1=CC(C(=O)N2CCOC3(CCN(Cc4cc(CCO)ccc4F)CC3)C2)CS1. The molecule has 1 aromatic rings. The molecule has 31 heavy (non-hydrogen) atoms. The molecule has 3 aliphatic rings. The average molecular weight is 449 g/mol. The zero-order chi connectivity index (χ0) is 21.8. The van der Waals surface area contributed by atoms with E-state index in [-0.39, 0.29) is 29.9 Å². The number of piperidine rings is 1. The molecule has 170 valence electrons. The Balaban J connectivity index is 1.34. The van der Waals surface area contributed by atoms with E-state index in [1.54, 1.807) is 6.07 Å². The maximum absolute atomic E-state index is 14.3. The van der Waals surface area contributed by atoms with Crippen molar-refractivity contribution in [1.29, 1.82) is 0 Å². The monoisotopic (exact) mass is 448 g/mol. The number of hydrogen-bond acceptors (Lipinski definition) is 5. The summed E-state index contributed by atoms with van der Waals surface area (Å²) in [5, 5.41) is 9.15. The van der Waals surface area contributed by atoms with Gasteiger partial charge in [0.15, 0.2) is 0 Å². The fourth-order valence-electron chi connectivity index (χ4n) is 4.84. The van der Waals surface area contributed by atoms with Crippen molar-refractivity contribution >= 4 is 17.7 Å². The Kier molecular flexibility index (Phi) is 7.37. The number of benzene rings is 1. The Morgan fingerprint density at radius 3 is 2.84 bits per heavy atom. The van der Waals surface area contributed by atoms with Gasteiger partial charge < -0.3 is 14.7 Å². The number of likely N-dealkylation sites (tertiary alicyclic amines) is 1. The molecular weight excluding hydrogens is 415 g/mol. The highest BCUT2D eigenvalue weighted by Gasteiger charge is 2.42. The minimum atomic E-state index is -0.273. The van der Waals surface area contributed by atoms with Crippen LogP contribution < -0.4 is 0 Å². The van der Waals surface area contributed by atoms with E-state index in [0.717, 1.165) is 43.7 Å². The van der Waals surface area contributed by atoms with Crippen LogP contribution in [0.15, 0.2) is 29.2 Å². The van der Waals surface area contributed by atoms with Gasteiger partial charge in [0.2, 0.25) is 5.91 Å². The first kappa shape index (κ1) is 22.8. The lowest BCUT2D eigenvalue weighted by Crippen LogP contribution is -2.58. The molecule has 2 fully saturated rings. The van der Waals surface area contributed by atoms with E-state index in [4.69, 9.17) is 9.84 Å². The van der Waals surface area contributed by atoms with E-state index in [1.165, 1.54) is 11.0 Å². The van der Waals surface area contributed by atoms with Gasteiger partial charge in [-0.2, -0.15) is 0 Å². The summed E-state index contributed by atoms with van der Waals surface area (Å²) in [5.74, 6) is 0.913. The Morgan fingerprint density at radius 1 is 1.32 bits per heavy atom. The number of aliphatic hydroxyl groups is 1. The molecule has 3 aliphatic heterocycles. The van der Waals surface area contributed by atoms with Crippen molar-refractivity contribution in [1.82, 2.24) is 9.80 Å². The Morgan fingerprint density at radius 2 is 2.13 bits per heavy atom. The Labute approximate surface area is 188 Å². The number of rotatable bonds is 6. The molecule has 0 saturated carbocycles. The third kappa shape index (κ3) is 5.33. The molecule has 1 unspecified atom stereocenters. The van der Waals surface area contributed by atoms with E-state index in [2.05, 4.69) is 17.9 Å². The standard InChI is InChI=1S/C24H33FN2O3S/c1-2-21-14-20(16-31-21)23(29)27-10-12-30-24(17-27)6-8-26(9-7-24)15-19-13-18(5-11-28)3-4-22(19)25/h3-4,13-14,20,28H,2,5-12,15-17H2,1H3. The van der Waals surface area contributed by atoms with E-state index < -0.39 is 0 Å². The van der Waals surface area contributed by atoms with Crippen molar-refractivity contribution in [2.45, 2.75) is 44.8 Å². The first-order chi connectivity index (χ1) is 15.0. The number of hydrogen-bond donors (Lipinski definition) is 1. The van der Waals surface area contributed by atoms with Crippen LogP contribution in [-0.4, -0.2) is 71.6 Å². The molecule has 1 atom stereocenters. The minimum Gasteiger partial charge on any atom is -0.396 e. The number of carbonyl (C=O) groups is 1. The van der Waals surface area contributed by atoms with E-state index in [9.17, 15) is 9.18 Å².